The van der Waals surface area contributed by atoms with Crippen molar-refractivity contribution in [3.05, 3.63) is 16.6 Å². The number of nitrogens with zero attached hydrogens (tertiary/aromatic N) is 2. The summed E-state index contributed by atoms with van der Waals surface area (Å²) in [5, 5.41) is 4.69. The van der Waals surface area contributed by atoms with E-state index in [-0.39, 0.29) is 23.8 Å². The van der Waals surface area contributed by atoms with Crippen molar-refractivity contribution >= 4 is 23.2 Å². The lowest BCUT2D eigenvalue weighted by atomic mass is 9.93. The Labute approximate surface area is 146 Å². The molecule has 7 heteroatoms. The highest BCUT2D eigenvalue weighted by Gasteiger charge is 2.44. The van der Waals surface area contributed by atoms with Crippen LogP contribution in [0, 0.1) is 17.8 Å². The molecule has 2 aliphatic heterocycles. The average molecular weight is 351 g/mol. The summed E-state index contributed by atoms with van der Waals surface area (Å²) >= 11 is 1.41. The fourth-order valence-corrected chi connectivity index (χ4v) is 3.95. The quantitative estimate of drug-likeness (QED) is 0.848. The second-order valence-corrected chi connectivity index (χ2v) is 7.83. The van der Waals surface area contributed by atoms with Crippen LogP contribution in [0.1, 0.15) is 37.2 Å². The summed E-state index contributed by atoms with van der Waals surface area (Å²) in [5.74, 6) is 1.22. The molecular formula is C17H25N3O3S. The van der Waals surface area contributed by atoms with Gasteiger partial charge in [0.25, 0.3) is 5.91 Å². The fraction of sp³-hybridized carbons (Fsp3) is 0.706. The molecule has 0 saturated carbocycles. The molecule has 0 spiro atoms. The molecule has 1 aromatic heterocycles. The first kappa shape index (κ1) is 17.4. The number of likely N-dealkylation sites (tertiary alicyclic amines) is 1. The normalized spacial score (nSPS) is 26.0. The third-order valence-electron chi connectivity index (χ3n) is 4.92. The molecule has 132 valence electrons. The zero-order chi connectivity index (χ0) is 17.1. The SMILES string of the molecule is CC(C)CCC(=O)N1C[C@@H]2[C@@H](CNC(=O)c3cscn3)CO[C@@H]2C1. The Morgan fingerprint density at radius 1 is 1.46 bits per heavy atom. The second kappa shape index (κ2) is 7.61. The van der Waals surface area contributed by atoms with Crippen LogP contribution in [0.4, 0.5) is 0 Å². The van der Waals surface area contributed by atoms with E-state index in [1.54, 1.807) is 10.9 Å². The first-order chi connectivity index (χ1) is 11.5. The fourth-order valence-electron chi connectivity index (χ4n) is 3.42. The van der Waals surface area contributed by atoms with Gasteiger partial charge in [0.2, 0.25) is 5.91 Å². The van der Waals surface area contributed by atoms with Gasteiger partial charge in [0.15, 0.2) is 0 Å². The maximum Gasteiger partial charge on any atom is 0.270 e. The zero-order valence-electron chi connectivity index (χ0n) is 14.2. The van der Waals surface area contributed by atoms with Crippen LogP contribution >= 0.6 is 11.3 Å². The summed E-state index contributed by atoms with van der Waals surface area (Å²) in [6.07, 6.45) is 1.66. The molecule has 0 bridgehead atoms. The van der Waals surface area contributed by atoms with E-state index in [0.29, 0.717) is 43.6 Å². The van der Waals surface area contributed by atoms with Gasteiger partial charge in [0, 0.05) is 43.3 Å². The minimum atomic E-state index is -0.137. The van der Waals surface area contributed by atoms with Gasteiger partial charge in [-0.1, -0.05) is 13.8 Å². The largest absolute Gasteiger partial charge is 0.376 e. The van der Waals surface area contributed by atoms with Crippen molar-refractivity contribution < 1.29 is 14.3 Å². The number of hydrogen-bond donors (Lipinski definition) is 1. The molecule has 2 aliphatic rings. The van der Waals surface area contributed by atoms with Crippen LogP contribution in [0.2, 0.25) is 0 Å². The van der Waals surface area contributed by atoms with Crippen LogP contribution in [0.5, 0.6) is 0 Å². The van der Waals surface area contributed by atoms with Crippen LogP contribution in [-0.4, -0.2) is 54.0 Å². The summed E-state index contributed by atoms with van der Waals surface area (Å²) in [4.78, 5) is 30.3. The van der Waals surface area contributed by atoms with Crippen LogP contribution in [0.15, 0.2) is 10.9 Å². The molecule has 3 heterocycles. The Bertz CT molecular complexity index is 576. The van der Waals surface area contributed by atoms with Crippen molar-refractivity contribution in [3.8, 4) is 0 Å². The number of nitrogens with one attached hydrogen (secondary N) is 1. The maximum absolute atomic E-state index is 12.3. The number of rotatable bonds is 6. The van der Waals surface area contributed by atoms with Gasteiger partial charge in [-0.05, 0) is 12.3 Å². The Hall–Kier alpha value is -1.47. The monoisotopic (exact) mass is 351 g/mol. The Balaban J connectivity index is 1.48. The topological polar surface area (TPSA) is 71.5 Å². The van der Waals surface area contributed by atoms with Crippen LogP contribution in [0.25, 0.3) is 0 Å². The summed E-state index contributed by atoms with van der Waals surface area (Å²) in [7, 11) is 0. The molecule has 0 radical (unpaired) electrons. The van der Waals surface area contributed by atoms with Crippen LogP contribution in [0.3, 0.4) is 0 Å². The molecule has 0 aliphatic carbocycles. The number of hydrogen-bond acceptors (Lipinski definition) is 5. The minimum Gasteiger partial charge on any atom is -0.376 e. The maximum atomic E-state index is 12.3. The Kier molecular flexibility index (Phi) is 5.50. The van der Waals surface area contributed by atoms with Crippen molar-refractivity contribution in [3.63, 3.8) is 0 Å². The number of aromatic nitrogens is 1. The lowest BCUT2D eigenvalue weighted by molar-refractivity contribution is -0.131. The van der Waals surface area contributed by atoms with Gasteiger partial charge in [0.1, 0.15) is 5.69 Å². The molecule has 6 nitrogen and oxygen atoms in total. The molecule has 2 amide bonds. The van der Waals surface area contributed by atoms with Gasteiger partial charge >= 0.3 is 0 Å². The molecule has 24 heavy (non-hydrogen) atoms. The van der Waals surface area contributed by atoms with E-state index in [1.807, 2.05) is 4.90 Å². The predicted molar refractivity (Wildman–Crippen MR) is 91.8 cm³/mol. The number of amides is 2. The predicted octanol–water partition coefficient (Wildman–Crippen LogP) is 1.78. The van der Waals surface area contributed by atoms with Crippen molar-refractivity contribution in [2.45, 2.75) is 32.8 Å². The van der Waals surface area contributed by atoms with Gasteiger partial charge in [0.05, 0.1) is 18.2 Å². The molecule has 0 aromatic carbocycles. The first-order valence-corrected chi connectivity index (χ1v) is 9.54. The van der Waals surface area contributed by atoms with E-state index >= 15 is 0 Å². The van der Waals surface area contributed by atoms with Crippen molar-refractivity contribution in [2.24, 2.45) is 17.8 Å². The summed E-state index contributed by atoms with van der Waals surface area (Å²) in [6.45, 7) is 6.94. The standard InChI is InChI=1S/C17H25N3O3S/c1-11(2)3-4-16(21)20-6-13-12(8-23-15(13)7-20)5-18-17(22)14-9-24-10-19-14/h9-13,15H,3-8H2,1-2H3,(H,18,22)/t12-,13+,15+/m0/s1. The smallest absolute Gasteiger partial charge is 0.270 e. The van der Waals surface area contributed by atoms with Crippen LogP contribution < -0.4 is 5.32 Å². The molecule has 2 saturated heterocycles. The molecule has 2 fully saturated rings. The van der Waals surface area contributed by atoms with Crippen molar-refractivity contribution in [2.75, 3.05) is 26.2 Å². The van der Waals surface area contributed by atoms with E-state index in [2.05, 4.69) is 24.1 Å². The third kappa shape index (κ3) is 3.95. The molecule has 3 rings (SSSR count). The van der Waals surface area contributed by atoms with E-state index in [9.17, 15) is 9.59 Å². The number of fused-ring (bicyclic) bond motifs is 1. The van der Waals surface area contributed by atoms with E-state index in [0.717, 1.165) is 13.0 Å². The Morgan fingerprint density at radius 3 is 3.00 bits per heavy atom. The lowest BCUT2D eigenvalue weighted by Crippen LogP contribution is -2.35. The lowest BCUT2D eigenvalue weighted by Gasteiger charge is -2.20. The highest BCUT2D eigenvalue weighted by Crippen LogP contribution is 2.33. The molecule has 1 aromatic rings. The third-order valence-corrected chi connectivity index (χ3v) is 5.50. The van der Waals surface area contributed by atoms with Gasteiger partial charge in [-0.2, -0.15) is 0 Å². The number of carbonyl (C=O) groups excluding carboxylic acids is 2. The summed E-state index contributed by atoms with van der Waals surface area (Å²) < 4.78 is 5.86. The van der Waals surface area contributed by atoms with Gasteiger partial charge < -0.3 is 15.0 Å². The average Bonchev–Trinajstić information content (AvgIpc) is 3.26. The van der Waals surface area contributed by atoms with Gasteiger partial charge in [-0.3, -0.25) is 9.59 Å². The number of thiazole rings is 1. The second-order valence-electron chi connectivity index (χ2n) is 7.11. The minimum absolute atomic E-state index is 0.120. The Morgan fingerprint density at radius 2 is 2.29 bits per heavy atom. The van der Waals surface area contributed by atoms with Crippen molar-refractivity contribution in [1.29, 1.82) is 0 Å². The first-order valence-electron chi connectivity index (χ1n) is 8.60. The molecule has 0 unspecified atom stereocenters. The highest BCUT2D eigenvalue weighted by atomic mass is 32.1. The highest BCUT2D eigenvalue weighted by molar-refractivity contribution is 7.07. The van der Waals surface area contributed by atoms with E-state index in [1.165, 1.54) is 11.3 Å². The van der Waals surface area contributed by atoms with Gasteiger partial charge in [-0.15, -0.1) is 11.3 Å². The number of ether oxygens (including phenoxy) is 1. The summed E-state index contributed by atoms with van der Waals surface area (Å²) in [6, 6.07) is 0. The zero-order valence-corrected chi connectivity index (χ0v) is 15.1. The van der Waals surface area contributed by atoms with E-state index < -0.39 is 0 Å². The van der Waals surface area contributed by atoms with E-state index in [4.69, 9.17) is 4.74 Å². The van der Waals surface area contributed by atoms with Crippen molar-refractivity contribution in [1.82, 2.24) is 15.2 Å². The van der Waals surface area contributed by atoms with Gasteiger partial charge in [-0.25, -0.2) is 4.98 Å². The molecule has 1 N–H and O–H groups in total. The molecule has 3 atom stereocenters. The summed E-state index contributed by atoms with van der Waals surface area (Å²) in [5.41, 5.74) is 2.12. The molecular weight excluding hydrogens is 326 g/mol. The number of carbonyl (C=O) groups is 2. The van der Waals surface area contributed by atoms with Crippen LogP contribution in [-0.2, 0) is 9.53 Å².